The third kappa shape index (κ3) is 8.30. The van der Waals surface area contributed by atoms with Gasteiger partial charge in [-0.3, -0.25) is 9.56 Å². The normalized spacial score (nSPS) is 14.2. The summed E-state index contributed by atoms with van der Waals surface area (Å²) in [7, 11) is 0. The first-order valence-corrected chi connectivity index (χ1v) is 18.9. The average Bonchev–Trinajstić information content (AvgIpc) is 3.51. The van der Waals surface area contributed by atoms with Crippen LogP contribution in [0.15, 0.2) is 181 Å². The van der Waals surface area contributed by atoms with E-state index in [1.807, 2.05) is 69.5 Å². The lowest BCUT2D eigenvalue weighted by atomic mass is 9.91. The number of benzene rings is 3. The summed E-state index contributed by atoms with van der Waals surface area (Å²) in [5.74, 6) is 0.623. The van der Waals surface area contributed by atoms with E-state index in [0.29, 0.717) is 12.4 Å². The van der Waals surface area contributed by atoms with E-state index >= 15 is 0 Å². The Bertz CT molecular complexity index is 2440. The lowest BCUT2D eigenvalue weighted by Gasteiger charge is -2.31. The summed E-state index contributed by atoms with van der Waals surface area (Å²) in [4.78, 5) is 11.9. The second kappa shape index (κ2) is 19.0. The van der Waals surface area contributed by atoms with E-state index < -0.39 is 0 Å². The van der Waals surface area contributed by atoms with E-state index in [4.69, 9.17) is 4.99 Å². The number of nitrogens with zero attached hydrogens (tertiary/aromatic N) is 4. The predicted octanol–water partition coefficient (Wildman–Crippen LogP) is 13.9. The van der Waals surface area contributed by atoms with Gasteiger partial charge >= 0.3 is 0 Å². The van der Waals surface area contributed by atoms with Crippen LogP contribution >= 0.6 is 0 Å². The van der Waals surface area contributed by atoms with Gasteiger partial charge in [-0.15, -0.1) is 0 Å². The molecule has 0 saturated heterocycles. The van der Waals surface area contributed by atoms with Crippen LogP contribution in [0, 0.1) is 0 Å². The number of rotatable bonds is 16. The molecule has 5 rings (SSSR count). The summed E-state index contributed by atoms with van der Waals surface area (Å²) in [6.07, 6.45) is 28.8. The van der Waals surface area contributed by atoms with Crippen LogP contribution in [0.1, 0.15) is 66.8 Å². The Morgan fingerprint density at radius 3 is 2.21 bits per heavy atom. The first kappa shape index (κ1) is 40.4. The maximum absolute atomic E-state index is 5.07. The van der Waals surface area contributed by atoms with Gasteiger partial charge in [0.1, 0.15) is 5.82 Å². The molecule has 56 heavy (non-hydrogen) atoms. The molecule has 4 aromatic rings. The van der Waals surface area contributed by atoms with Crippen molar-refractivity contribution in [1.29, 1.82) is 0 Å². The number of aromatic nitrogens is 1. The molecule has 3 aromatic carbocycles. The van der Waals surface area contributed by atoms with Crippen molar-refractivity contribution in [3.8, 4) is 0 Å². The second-order valence-corrected chi connectivity index (χ2v) is 13.2. The van der Waals surface area contributed by atoms with Crippen molar-refractivity contribution < 1.29 is 0 Å². The highest BCUT2D eigenvalue weighted by atomic mass is 15.1. The average molecular weight is 733 g/mol. The van der Waals surface area contributed by atoms with Crippen molar-refractivity contribution in [2.75, 3.05) is 4.90 Å². The predicted molar refractivity (Wildman–Crippen MR) is 250 cm³/mol. The minimum Gasteiger partial charge on any atom is -0.317 e. The highest BCUT2D eigenvalue weighted by molar-refractivity contribution is 6.14. The standard InChI is InChI=1S/C52H52N4/c1-11-22-39(15-5)46(54-36-38-26-20-19-21-27-38)35-51(53-10)56-49(25-14-4)45(52-44(16-6)40(23-12-2)28-31-50(52)56)32-37(9)41-29-30-48-43(33-41)34-42(24-13-3)47(17-7)55(48)18-8/h11-33,35H,1,5-8,10,34,36H2,2-4,9H3/b23-12-,24-13-,25-14-,37-32+,39-22+,51-35+,54-46?. The van der Waals surface area contributed by atoms with Gasteiger partial charge in [0.15, 0.2) is 0 Å². The molecule has 280 valence electrons. The molecule has 1 aliphatic rings. The van der Waals surface area contributed by atoms with Crippen molar-refractivity contribution in [1.82, 2.24) is 4.57 Å². The summed E-state index contributed by atoms with van der Waals surface area (Å²) in [5, 5.41) is 1.07. The molecule has 0 aliphatic carbocycles. The van der Waals surface area contributed by atoms with Crippen LogP contribution in [-0.4, -0.2) is 17.0 Å². The third-order valence-corrected chi connectivity index (χ3v) is 9.77. The highest BCUT2D eigenvalue weighted by Gasteiger charge is 2.23. The Labute approximate surface area is 334 Å². The quantitative estimate of drug-likeness (QED) is 0.0834. The van der Waals surface area contributed by atoms with Crippen LogP contribution in [0.5, 0.6) is 0 Å². The zero-order valence-electron chi connectivity index (χ0n) is 33.3. The molecule has 0 atom stereocenters. The monoisotopic (exact) mass is 732 g/mol. The molecule has 0 amide bonds. The molecule has 0 spiro atoms. The number of fused-ring (bicyclic) bond motifs is 2. The van der Waals surface area contributed by atoms with Crippen molar-refractivity contribution >= 4 is 64.7 Å². The molecule has 0 radical (unpaired) electrons. The minimum absolute atomic E-state index is 0.486. The van der Waals surface area contributed by atoms with Crippen LogP contribution in [0.25, 0.3) is 46.6 Å². The van der Waals surface area contributed by atoms with Crippen molar-refractivity contribution in [3.63, 3.8) is 0 Å². The van der Waals surface area contributed by atoms with Crippen LogP contribution < -0.4 is 4.90 Å². The molecule has 0 fully saturated rings. The van der Waals surface area contributed by atoms with Crippen molar-refractivity contribution in [2.24, 2.45) is 9.98 Å². The molecular weight excluding hydrogens is 681 g/mol. The molecule has 1 aromatic heterocycles. The Hall–Kier alpha value is -6.78. The fourth-order valence-electron chi connectivity index (χ4n) is 7.26. The fourth-order valence-corrected chi connectivity index (χ4v) is 7.26. The zero-order valence-corrected chi connectivity index (χ0v) is 33.3. The second-order valence-electron chi connectivity index (χ2n) is 13.2. The highest BCUT2D eigenvalue weighted by Crippen LogP contribution is 2.40. The molecule has 0 bridgehead atoms. The van der Waals surface area contributed by atoms with Crippen molar-refractivity contribution in [2.45, 2.75) is 40.7 Å². The van der Waals surface area contributed by atoms with Gasteiger partial charge in [-0.05, 0) is 115 Å². The number of aliphatic imine (C=N–C) groups is 2. The van der Waals surface area contributed by atoms with Gasteiger partial charge < -0.3 is 4.90 Å². The van der Waals surface area contributed by atoms with Crippen LogP contribution in [0.3, 0.4) is 0 Å². The summed E-state index contributed by atoms with van der Waals surface area (Å²) in [5.41, 5.74) is 14.6. The molecule has 2 heterocycles. The SMILES string of the molecule is C=C/C=C(\C=C)C(/C=C(\N=C)n1c(/C=C\C)c(/C=C(\C)c2ccc3c(c2)CC(/C=C\C)=C(C=C)N3C=C)c2c(C=C)c(/C=C\C)ccc21)=NCc1ccccc1. The van der Waals surface area contributed by atoms with Gasteiger partial charge in [0, 0.05) is 41.0 Å². The van der Waals surface area contributed by atoms with Crippen molar-refractivity contribution in [3.05, 3.63) is 210 Å². The molecular formula is C52H52N4. The Balaban J connectivity index is 1.80. The zero-order chi connectivity index (χ0) is 40.2. The number of hydrogen-bond donors (Lipinski definition) is 0. The minimum atomic E-state index is 0.486. The van der Waals surface area contributed by atoms with Crippen LogP contribution in [-0.2, 0) is 13.0 Å². The molecule has 1 aliphatic heterocycles. The van der Waals surface area contributed by atoms with Crippen LogP contribution in [0.2, 0.25) is 0 Å². The largest absolute Gasteiger partial charge is 0.317 e. The lowest BCUT2D eigenvalue weighted by molar-refractivity contribution is 1.04. The Morgan fingerprint density at radius 1 is 0.839 bits per heavy atom. The van der Waals surface area contributed by atoms with Gasteiger partial charge in [0.2, 0.25) is 0 Å². The van der Waals surface area contributed by atoms with Gasteiger partial charge in [0.25, 0.3) is 0 Å². The van der Waals surface area contributed by atoms with Gasteiger partial charge in [0.05, 0.1) is 23.5 Å². The van der Waals surface area contributed by atoms with Gasteiger partial charge in [-0.2, -0.15) is 0 Å². The van der Waals surface area contributed by atoms with Gasteiger partial charge in [-0.25, -0.2) is 4.99 Å². The van der Waals surface area contributed by atoms with E-state index in [-0.39, 0.29) is 0 Å². The third-order valence-electron chi connectivity index (χ3n) is 9.77. The Morgan fingerprint density at radius 2 is 1.59 bits per heavy atom. The smallest absolute Gasteiger partial charge is 0.138 e. The van der Waals surface area contributed by atoms with E-state index in [1.165, 1.54) is 11.1 Å². The molecule has 4 nitrogen and oxygen atoms in total. The fraction of sp³-hybridized carbons (Fsp3) is 0.115. The van der Waals surface area contributed by atoms with E-state index in [1.54, 1.807) is 12.2 Å². The lowest BCUT2D eigenvalue weighted by Crippen LogP contribution is -2.21. The molecule has 0 unspecified atom stereocenters. The maximum Gasteiger partial charge on any atom is 0.138 e. The summed E-state index contributed by atoms with van der Waals surface area (Å²) >= 11 is 0. The van der Waals surface area contributed by atoms with Gasteiger partial charge in [-0.1, -0.05) is 130 Å². The number of hydrogen-bond acceptors (Lipinski definition) is 3. The number of anilines is 1. The summed E-state index contributed by atoms with van der Waals surface area (Å²) < 4.78 is 2.17. The first-order valence-electron chi connectivity index (χ1n) is 18.9. The van der Waals surface area contributed by atoms with E-state index in [9.17, 15) is 0 Å². The first-order chi connectivity index (χ1) is 27.3. The number of allylic oxidation sites excluding steroid dienone is 12. The Kier molecular flexibility index (Phi) is 13.7. The molecule has 0 N–H and O–H groups in total. The van der Waals surface area contributed by atoms with E-state index in [0.717, 1.165) is 79.1 Å². The summed E-state index contributed by atoms with van der Waals surface area (Å²) in [6, 6.07) is 21.1. The van der Waals surface area contributed by atoms with E-state index in [2.05, 4.69) is 146 Å². The topological polar surface area (TPSA) is 32.9 Å². The van der Waals surface area contributed by atoms with Crippen LogP contribution in [0.4, 0.5) is 5.69 Å². The molecule has 4 heteroatoms. The summed E-state index contributed by atoms with van der Waals surface area (Å²) in [6.45, 7) is 33.4. The molecule has 0 saturated carbocycles. The maximum atomic E-state index is 5.07.